The van der Waals surface area contributed by atoms with Crippen molar-refractivity contribution in [2.24, 2.45) is 0 Å². The summed E-state index contributed by atoms with van der Waals surface area (Å²) in [4.78, 5) is 0. The lowest BCUT2D eigenvalue weighted by molar-refractivity contribution is 0.390. The highest BCUT2D eigenvalue weighted by Crippen LogP contribution is 2.38. The molecule has 0 aliphatic carbocycles. The van der Waals surface area contributed by atoms with Gasteiger partial charge in [-0.2, -0.15) is 0 Å². The minimum Gasteiger partial charge on any atom is -0.504 e. The molecular weight excluding hydrogens is 282 g/mol. The summed E-state index contributed by atoms with van der Waals surface area (Å²) in [6, 6.07) is 2.10. The van der Waals surface area contributed by atoms with E-state index in [1.54, 1.807) is 6.07 Å². The zero-order valence-electron chi connectivity index (χ0n) is 9.96. The van der Waals surface area contributed by atoms with E-state index in [2.05, 4.69) is 21.2 Å². The summed E-state index contributed by atoms with van der Waals surface area (Å²) < 4.78 is 0.627. The number of aryl methyl sites for hydroxylation is 1. The Balaban J connectivity index is 2.22. The lowest BCUT2D eigenvalue weighted by atomic mass is 9.95. The van der Waals surface area contributed by atoms with Crippen LogP contribution in [0.3, 0.4) is 0 Å². The molecule has 1 atom stereocenters. The van der Waals surface area contributed by atoms with E-state index in [0.717, 1.165) is 24.1 Å². The summed E-state index contributed by atoms with van der Waals surface area (Å²) >= 11 is 3.37. The van der Waals surface area contributed by atoms with Crippen LogP contribution in [0.25, 0.3) is 0 Å². The van der Waals surface area contributed by atoms with Gasteiger partial charge in [-0.25, -0.2) is 0 Å². The van der Waals surface area contributed by atoms with Crippen molar-refractivity contribution in [3.63, 3.8) is 0 Å². The maximum Gasteiger partial charge on any atom is 0.172 e. The summed E-state index contributed by atoms with van der Waals surface area (Å²) in [7, 11) is 0. The second-order valence-electron chi connectivity index (χ2n) is 4.70. The number of aromatic hydroxyl groups is 2. The number of benzene rings is 1. The molecule has 1 aliphatic rings. The van der Waals surface area contributed by atoms with E-state index in [-0.39, 0.29) is 11.5 Å². The first kappa shape index (κ1) is 12.7. The monoisotopic (exact) mass is 299 g/mol. The van der Waals surface area contributed by atoms with E-state index in [9.17, 15) is 10.2 Å². The van der Waals surface area contributed by atoms with Crippen LogP contribution in [-0.2, 0) is 6.42 Å². The second kappa shape index (κ2) is 5.27. The van der Waals surface area contributed by atoms with Gasteiger partial charge in [0, 0.05) is 6.04 Å². The Labute approximate surface area is 110 Å². The van der Waals surface area contributed by atoms with Gasteiger partial charge < -0.3 is 15.5 Å². The Bertz CT molecular complexity index is 414. The first-order valence-corrected chi connectivity index (χ1v) is 6.82. The zero-order valence-corrected chi connectivity index (χ0v) is 11.5. The number of phenolic OH excluding ortho intramolecular Hbond substituents is 2. The summed E-state index contributed by atoms with van der Waals surface area (Å²) in [6.45, 7) is 3.04. The quantitative estimate of drug-likeness (QED) is 0.736. The number of nitrogens with one attached hydrogen (secondary N) is 1. The Kier molecular flexibility index (Phi) is 3.94. The second-order valence-corrected chi connectivity index (χ2v) is 5.50. The fourth-order valence-corrected chi connectivity index (χ4v) is 3.06. The van der Waals surface area contributed by atoms with Crippen molar-refractivity contribution in [1.82, 2.24) is 5.32 Å². The molecule has 3 N–H and O–H groups in total. The van der Waals surface area contributed by atoms with Crippen molar-refractivity contribution in [2.45, 2.75) is 38.6 Å². The van der Waals surface area contributed by atoms with Gasteiger partial charge in [-0.15, -0.1) is 0 Å². The normalized spacial score (nSPS) is 20.5. The molecule has 94 valence electrons. The van der Waals surface area contributed by atoms with Gasteiger partial charge in [0.15, 0.2) is 11.5 Å². The van der Waals surface area contributed by atoms with Crippen LogP contribution in [0, 0.1) is 6.92 Å². The van der Waals surface area contributed by atoms with E-state index < -0.39 is 0 Å². The number of hydrogen-bond donors (Lipinski definition) is 3. The molecule has 0 saturated carbocycles. The molecular formula is C13H18BrNO2. The first-order chi connectivity index (χ1) is 8.09. The molecule has 0 aromatic heterocycles. The zero-order chi connectivity index (χ0) is 12.4. The van der Waals surface area contributed by atoms with Crippen molar-refractivity contribution in [3.05, 3.63) is 21.7 Å². The molecule has 1 unspecified atom stereocenters. The maximum atomic E-state index is 9.72. The van der Waals surface area contributed by atoms with Crippen LogP contribution in [0.5, 0.6) is 11.5 Å². The third kappa shape index (κ3) is 2.75. The number of piperidine rings is 1. The van der Waals surface area contributed by atoms with Crippen LogP contribution >= 0.6 is 15.9 Å². The standard InChI is InChI=1S/C13H18BrNO2/c1-8-6-11(16)13(17)12(14)10(8)7-9-4-2-3-5-15-9/h6,9,15-17H,2-5,7H2,1H3. The Morgan fingerprint density at radius 3 is 2.82 bits per heavy atom. The van der Waals surface area contributed by atoms with Crippen LogP contribution in [0.4, 0.5) is 0 Å². The lowest BCUT2D eigenvalue weighted by Gasteiger charge is -2.25. The molecule has 17 heavy (non-hydrogen) atoms. The molecule has 0 radical (unpaired) electrons. The molecule has 0 spiro atoms. The predicted molar refractivity (Wildman–Crippen MR) is 71.6 cm³/mol. The van der Waals surface area contributed by atoms with Crippen LogP contribution < -0.4 is 5.32 Å². The molecule has 0 bridgehead atoms. The molecule has 1 aromatic carbocycles. The molecule has 1 saturated heterocycles. The van der Waals surface area contributed by atoms with Crippen molar-refractivity contribution in [3.8, 4) is 11.5 Å². The third-order valence-corrected chi connectivity index (χ3v) is 4.26. The van der Waals surface area contributed by atoms with Crippen molar-refractivity contribution < 1.29 is 10.2 Å². The van der Waals surface area contributed by atoms with E-state index >= 15 is 0 Å². The number of rotatable bonds is 2. The average Bonchev–Trinajstić information content (AvgIpc) is 2.33. The fourth-order valence-electron chi connectivity index (χ4n) is 2.38. The smallest absolute Gasteiger partial charge is 0.172 e. The summed E-state index contributed by atoms with van der Waals surface area (Å²) in [5, 5.41) is 22.7. The topological polar surface area (TPSA) is 52.5 Å². The van der Waals surface area contributed by atoms with E-state index in [0.29, 0.717) is 10.5 Å². The largest absolute Gasteiger partial charge is 0.504 e. The summed E-state index contributed by atoms with van der Waals surface area (Å²) in [6.07, 6.45) is 4.57. The minimum absolute atomic E-state index is 0.0543. The molecule has 1 fully saturated rings. The molecule has 1 heterocycles. The highest BCUT2D eigenvalue weighted by Gasteiger charge is 2.19. The van der Waals surface area contributed by atoms with Crippen LogP contribution in [-0.4, -0.2) is 22.8 Å². The Morgan fingerprint density at radius 2 is 2.18 bits per heavy atom. The van der Waals surface area contributed by atoms with Crippen LogP contribution in [0.2, 0.25) is 0 Å². The third-order valence-electron chi connectivity index (χ3n) is 3.41. The number of hydrogen-bond acceptors (Lipinski definition) is 3. The molecule has 1 aromatic rings. The molecule has 4 heteroatoms. The highest BCUT2D eigenvalue weighted by molar-refractivity contribution is 9.10. The van der Waals surface area contributed by atoms with E-state index in [1.165, 1.54) is 19.3 Å². The number of phenols is 2. The molecule has 2 rings (SSSR count). The SMILES string of the molecule is Cc1cc(O)c(O)c(Br)c1CC1CCCCN1. The van der Waals surface area contributed by atoms with Gasteiger partial charge in [-0.3, -0.25) is 0 Å². The Morgan fingerprint density at radius 1 is 1.41 bits per heavy atom. The van der Waals surface area contributed by atoms with Gasteiger partial charge in [-0.05, 0) is 65.9 Å². The van der Waals surface area contributed by atoms with Crippen LogP contribution in [0.15, 0.2) is 10.5 Å². The minimum atomic E-state index is -0.0604. The molecule has 3 nitrogen and oxygen atoms in total. The van der Waals surface area contributed by atoms with Crippen molar-refractivity contribution in [2.75, 3.05) is 6.54 Å². The maximum absolute atomic E-state index is 9.72. The van der Waals surface area contributed by atoms with Gasteiger partial charge >= 0.3 is 0 Å². The fraction of sp³-hybridized carbons (Fsp3) is 0.538. The van der Waals surface area contributed by atoms with Gasteiger partial charge in [0.05, 0.1) is 4.47 Å². The van der Waals surface area contributed by atoms with Crippen LogP contribution in [0.1, 0.15) is 30.4 Å². The average molecular weight is 300 g/mol. The highest BCUT2D eigenvalue weighted by atomic mass is 79.9. The van der Waals surface area contributed by atoms with E-state index in [4.69, 9.17) is 0 Å². The lowest BCUT2D eigenvalue weighted by Crippen LogP contribution is -2.35. The van der Waals surface area contributed by atoms with Crippen molar-refractivity contribution >= 4 is 15.9 Å². The van der Waals surface area contributed by atoms with E-state index in [1.807, 2.05) is 6.92 Å². The van der Waals surface area contributed by atoms with Crippen molar-refractivity contribution in [1.29, 1.82) is 0 Å². The molecule has 1 aliphatic heterocycles. The predicted octanol–water partition coefficient (Wildman–Crippen LogP) is 2.85. The summed E-state index contributed by atoms with van der Waals surface area (Å²) in [5.74, 6) is -0.115. The van der Waals surface area contributed by atoms with Gasteiger partial charge in [0.2, 0.25) is 0 Å². The number of halogens is 1. The first-order valence-electron chi connectivity index (χ1n) is 6.03. The summed E-state index contributed by atoms with van der Waals surface area (Å²) in [5.41, 5.74) is 2.10. The Hall–Kier alpha value is -0.740. The van der Waals surface area contributed by atoms with Gasteiger partial charge in [0.25, 0.3) is 0 Å². The van der Waals surface area contributed by atoms with Gasteiger partial charge in [0.1, 0.15) is 0 Å². The van der Waals surface area contributed by atoms with Gasteiger partial charge in [-0.1, -0.05) is 6.42 Å². The molecule has 0 amide bonds.